The van der Waals surface area contributed by atoms with Crippen LogP contribution >= 0.6 is 0 Å². The zero-order valence-corrected chi connectivity index (χ0v) is 11.3. The van der Waals surface area contributed by atoms with Gasteiger partial charge in [-0.05, 0) is 6.92 Å². The van der Waals surface area contributed by atoms with Gasteiger partial charge in [-0.25, -0.2) is 0 Å². The lowest BCUT2D eigenvalue weighted by atomic mass is 9.81. The zero-order valence-electron chi connectivity index (χ0n) is 11.3. The molecular formula is C15H20O4. The highest BCUT2D eigenvalue weighted by Crippen LogP contribution is 2.38. The Balaban J connectivity index is 1.81. The molecule has 4 heteroatoms. The van der Waals surface area contributed by atoms with Gasteiger partial charge in [-0.1, -0.05) is 37.3 Å². The van der Waals surface area contributed by atoms with Crippen LogP contribution in [0.15, 0.2) is 30.3 Å². The molecule has 4 nitrogen and oxygen atoms in total. The Labute approximate surface area is 113 Å². The van der Waals surface area contributed by atoms with Gasteiger partial charge in [0, 0.05) is 11.5 Å². The molecule has 2 heterocycles. The number of benzene rings is 1. The van der Waals surface area contributed by atoms with Crippen molar-refractivity contribution in [2.75, 3.05) is 13.2 Å². The summed E-state index contributed by atoms with van der Waals surface area (Å²) in [5, 5.41) is 10.6. The van der Waals surface area contributed by atoms with Gasteiger partial charge in [0.05, 0.1) is 18.8 Å². The Morgan fingerprint density at radius 1 is 1.16 bits per heavy atom. The van der Waals surface area contributed by atoms with Gasteiger partial charge in [0.1, 0.15) is 12.2 Å². The van der Waals surface area contributed by atoms with Gasteiger partial charge in [-0.3, -0.25) is 0 Å². The molecule has 0 aromatic heterocycles. The molecule has 2 aliphatic heterocycles. The zero-order chi connectivity index (χ0) is 13.5. The van der Waals surface area contributed by atoms with Crippen molar-refractivity contribution in [2.24, 2.45) is 5.92 Å². The van der Waals surface area contributed by atoms with E-state index in [9.17, 15) is 5.11 Å². The Morgan fingerprint density at radius 3 is 2.63 bits per heavy atom. The first kappa shape index (κ1) is 13.1. The Kier molecular flexibility index (Phi) is 3.35. The van der Waals surface area contributed by atoms with Crippen LogP contribution in [0.3, 0.4) is 0 Å². The maximum atomic E-state index is 10.6. The van der Waals surface area contributed by atoms with Crippen LogP contribution in [0.2, 0.25) is 0 Å². The van der Waals surface area contributed by atoms with Crippen molar-refractivity contribution in [3.05, 3.63) is 35.9 Å². The van der Waals surface area contributed by atoms with Crippen molar-refractivity contribution in [2.45, 2.75) is 37.9 Å². The van der Waals surface area contributed by atoms with Crippen LogP contribution in [0.1, 0.15) is 25.7 Å². The van der Waals surface area contributed by atoms with E-state index in [2.05, 4.69) is 0 Å². The van der Waals surface area contributed by atoms with E-state index in [1.54, 1.807) is 0 Å². The van der Waals surface area contributed by atoms with E-state index in [0.717, 1.165) is 5.56 Å². The van der Waals surface area contributed by atoms with Crippen molar-refractivity contribution in [3.63, 3.8) is 0 Å². The number of ether oxygens (including phenoxy) is 3. The van der Waals surface area contributed by atoms with Crippen molar-refractivity contribution >= 4 is 0 Å². The molecule has 0 saturated carbocycles. The SMILES string of the molecule is C[C@H]1CO[C@@H]2CO[C@@H](c3ccccc3)OC2[C@]1(C)O. The summed E-state index contributed by atoms with van der Waals surface area (Å²) in [4.78, 5) is 0. The molecule has 1 unspecified atom stereocenters. The van der Waals surface area contributed by atoms with Crippen LogP contribution in [0.4, 0.5) is 0 Å². The summed E-state index contributed by atoms with van der Waals surface area (Å²) >= 11 is 0. The van der Waals surface area contributed by atoms with Gasteiger partial charge in [-0.15, -0.1) is 0 Å². The van der Waals surface area contributed by atoms with E-state index < -0.39 is 11.9 Å². The first-order valence-corrected chi connectivity index (χ1v) is 6.75. The molecule has 1 aromatic carbocycles. The third-order valence-corrected chi connectivity index (χ3v) is 4.23. The van der Waals surface area contributed by atoms with Gasteiger partial charge in [0.2, 0.25) is 0 Å². The average Bonchev–Trinajstić information content (AvgIpc) is 2.44. The molecule has 0 amide bonds. The highest BCUT2D eigenvalue weighted by molar-refractivity contribution is 5.17. The van der Waals surface area contributed by atoms with Crippen LogP contribution in [-0.2, 0) is 14.2 Å². The fourth-order valence-corrected chi connectivity index (χ4v) is 2.68. The smallest absolute Gasteiger partial charge is 0.184 e. The molecule has 0 radical (unpaired) electrons. The van der Waals surface area contributed by atoms with E-state index in [1.807, 2.05) is 44.2 Å². The standard InChI is InChI=1S/C15H20O4/c1-10-8-17-12-9-18-14(11-6-4-3-5-7-11)19-13(12)15(10,2)16/h3-7,10,12-14,16H,8-9H2,1-2H3/t10-,12+,13?,14+,15+/m0/s1. The molecular weight excluding hydrogens is 244 g/mol. The molecule has 3 rings (SSSR count). The molecule has 2 saturated heterocycles. The summed E-state index contributed by atoms with van der Waals surface area (Å²) in [6, 6.07) is 9.79. The van der Waals surface area contributed by atoms with E-state index in [-0.39, 0.29) is 18.1 Å². The number of aliphatic hydroxyl groups is 1. The predicted molar refractivity (Wildman–Crippen MR) is 69.5 cm³/mol. The number of fused-ring (bicyclic) bond motifs is 1. The van der Waals surface area contributed by atoms with Crippen molar-refractivity contribution in [1.82, 2.24) is 0 Å². The summed E-state index contributed by atoms with van der Waals surface area (Å²) in [7, 11) is 0. The minimum Gasteiger partial charge on any atom is -0.387 e. The minimum atomic E-state index is -0.889. The van der Waals surface area contributed by atoms with Gasteiger partial charge >= 0.3 is 0 Å². The monoisotopic (exact) mass is 264 g/mol. The summed E-state index contributed by atoms with van der Waals surface area (Å²) in [5.41, 5.74) is 0.0784. The van der Waals surface area contributed by atoms with Crippen LogP contribution in [0.5, 0.6) is 0 Å². The maximum absolute atomic E-state index is 10.6. The van der Waals surface area contributed by atoms with E-state index >= 15 is 0 Å². The molecule has 19 heavy (non-hydrogen) atoms. The van der Waals surface area contributed by atoms with Crippen LogP contribution < -0.4 is 0 Å². The third-order valence-electron chi connectivity index (χ3n) is 4.23. The molecule has 0 aliphatic carbocycles. The third kappa shape index (κ3) is 2.30. The van der Waals surface area contributed by atoms with Crippen molar-refractivity contribution in [3.8, 4) is 0 Å². The van der Waals surface area contributed by atoms with E-state index in [0.29, 0.717) is 13.2 Å². The molecule has 104 valence electrons. The highest BCUT2D eigenvalue weighted by atomic mass is 16.7. The largest absolute Gasteiger partial charge is 0.387 e. The van der Waals surface area contributed by atoms with Crippen molar-refractivity contribution in [1.29, 1.82) is 0 Å². The number of hydrogen-bond acceptors (Lipinski definition) is 4. The van der Waals surface area contributed by atoms with Crippen LogP contribution in [0, 0.1) is 5.92 Å². The molecule has 0 bridgehead atoms. The Hall–Kier alpha value is -0.940. The fraction of sp³-hybridized carbons (Fsp3) is 0.600. The summed E-state index contributed by atoms with van der Waals surface area (Å²) in [5.74, 6) is 0.0447. The summed E-state index contributed by atoms with van der Waals surface area (Å²) < 4.78 is 17.4. The summed E-state index contributed by atoms with van der Waals surface area (Å²) in [6.45, 7) is 4.79. The van der Waals surface area contributed by atoms with Gasteiger partial charge < -0.3 is 19.3 Å². The fourth-order valence-electron chi connectivity index (χ4n) is 2.68. The Morgan fingerprint density at radius 2 is 1.89 bits per heavy atom. The molecule has 1 aromatic rings. The number of hydrogen-bond donors (Lipinski definition) is 1. The first-order valence-electron chi connectivity index (χ1n) is 6.75. The molecule has 0 spiro atoms. The van der Waals surface area contributed by atoms with Crippen molar-refractivity contribution < 1.29 is 19.3 Å². The highest BCUT2D eigenvalue weighted by Gasteiger charge is 2.50. The van der Waals surface area contributed by atoms with Gasteiger partial charge in [0.25, 0.3) is 0 Å². The molecule has 2 fully saturated rings. The van der Waals surface area contributed by atoms with Crippen LogP contribution in [-0.4, -0.2) is 36.1 Å². The molecule has 5 atom stereocenters. The van der Waals surface area contributed by atoms with E-state index in [1.165, 1.54) is 0 Å². The first-order chi connectivity index (χ1) is 9.09. The second-order valence-electron chi connectivity index (χ2n) is 5.63. The Bertz CT molecular complexity index is 431. The van der Waals surface area contributed by atoms with E-state index in [4.69, 9.17) is 14.2 Å². The van der Waals surface area contributed by atoms with Gasteiger partial charge in [0.15, 0.2) is 6.29 Å². The lowest BCUT2D eigenvalue weighted by Crippen LogP contribution is -2.62. The topological polar surface area (TPSA) is 47.9 Å². The lowest BCUT2D eigenvalue weighted by molar-refractivity contribution is -0.329. The average molecular weight is 264 g/mol. The lowest BCUT2D eigenvalue weighted by Gasteiger charge is -2.49. The minimum absolute atomic E-state index is 0.0447. The molecule has 2 aliphatic rings. The quantitative estimate of drug-likeness (QED) is 0.841. The van der Waals surface area contributed by atoms with Crippen LogP contribution in [0.25, 0.3) is 0 Å². The second kappa shape index (κ2) is 4.87. The summed E-state index contributed by atoms with van der Waals surface area (Å²) in [6.07, 6.45) is -0.968. The molecule has 1 N–H and O–H groups in total. The normalized spacial score (nSPS) is 42.7. The number of rotatable bonds is 1. The maximum Gasteiger partial charge on any atom is 0.184 e. The van der Waals surface area contributed by atoms with Gasteiger partial charge in [-0.2, -0.15) is 0 Å². The predicted octanol–water partition coefficient (Wildman–Crippen LogP) is 1.89. The second-order valence-corrected chi connectivity index (χ2v) is 5.63.